The highest BCUT2D eigenvalue weighted by atomic mass is 35.5. The largest absolute Gasteiger partial charge is 0.496 e. The number of piperazine rings is 1. The van der Waals surface area contributed by atoms with Gasteiger partial charge in [-0.3, -0.25) is 14.5 Å². The average Bonchev–Trinajstić information content (AvgIpc) is 3.58. The number of carboxylic acids is 1. The van der Waals surface area contributed by atoms with Crippen LogP contribution in [0.3, 0.4) is 0 Å². The molecule has 10 nitrogen and oxygen atoms in total. The van der Waals surface area contributed by atoms with Gasteiger partial charge in [-0.25, -0.2) is 4.79 Å². The molecule has 3 aliphatic heterocycles. The van der Waals surface area contributed by atoms with E-state index in [1.54, 1.807) is 12.0 Å². The van der Waals surface area contributed by atoms with Gasteiger partial charge in [0.15, 0.2) is 0 Å². The smallest absolute Gasteiger partial charge is 0.318 e. The summed E-state index contributed by atoms with van der Waals surface area (Å²) >= 11 is 12.9. The molecule has 266 valence electrons. The molecule has 3 fully saturated rings. The minimum Gasteiger partial charge on any atom is -0.496 e. The van der Waals surface area contributed by atoms with Crippen LogP contribution >= 0.6 is 23.2 Å². The van der Waals surface area contributed by atoms with E-state index in [0.29, 0.717) is 60.6 Å². The van der Waals surface area contributed by atoms with E-state index >= 15 is 0 Å². The number of nitrogens with one attached hydrogen (secondary N) is 1. The van der Waals surface area contributed by atoms with Crippen LogP contribution in [-0.2, 0) is 15.7 Å². The van der Waals surface area contributed by atoms with Crippen molar-refractivity contribution < 1.29 is 24.2 Å². The van der Waals surface area contributed by atoms with E-state index in [9.17, 15) is 14.4 Å². The number of urea groups is 1. The third-order valence-corrected chi connectivity index (χ3v) is 11.6. The molecule has 3 heterocycles. The maximum Gasteiger partial charge on any atom is 0.318 e. The minimum absolute atomic E-state index is 0.0122. The number of halogens is 2. The van der Waals surface area contributed by atoms with E-state index in [-0.39, 0.29) is 23.9 Å². The lowest BCUT2D eigenvalue weighted by molar-refractivity contribution is -0.138. The summed E-state index contributed by atoms with van der Waals surface area (Å²) in [7, 11) is 1.58. The van der Waals surface area contributed by atoms with Crippen LogP contribution in [0.1, 0.15) is 47.2 Å². The molecule has 3 aromatic carbocycles. The highest BCUT2D eigenvalue weighted by molar-refractivity contribution is 6.42. The van der Waals surface area contributed by atoms with Gasteiger partial charge in [0, 0.05) is 57.8 Å². The van der Waals surface area contributed by atoms with Gasteiger partial charge in [-0.2, -0.15) is 0 Å². The lowest BCUT2D eigenvalue weighted by atomic mass is 9.76. The fourth-order valence-electron chi connectivity index (χ4n) is 7.81. The van der Waals surface area contributed by atoms with E-state index in [1.165, 1.54) is 0 Å². The zero-order valence-corrected chi connectivity index (χ0v) is 30.0. The summed E-state index contributed by atoms with van der Waals surface area (Å²) < 4.78 is 5.51. The first-order valence-corrected chi connectivity index (χ1v) is 18.0. The van der Waals surface area contributed by atoms with Gasteiger partial charge in [0.2, 0.25) is 0 Å². The first kappa shape index (κ1) is 36.0. The number of hydrogen-bond donors (Lipinski definition) is 2. The number of methoxy groups -OCH3 is 1. The normalized spacial score (nSPS) is 21.2. The summed E-state index contributed by atoms with van der Waals surface area (Å²) in [5.74, 6) is -0.339. The molecule has 3 saturated heterocycles. The number of carbonyl (C=O) groups excluding carboxylic acids is 2. The number of likely N-dealkylation sites (tertiary alicyclic amines) is 2. The number of rotatable bonds is 10. The van der Waals surface area contributed by atoms with Gasteiger partial charge < -0.3 is 29.9 Å². The Kier molecular flexibility index (Phi) is 11.2. The molecule has 1 atom stereocenters. The summed E-state index contributed by atoms with van der Waals surface area (Å²) in [5.41, 5.74) is 1.90. The molecule has 0 radical (unpaired) electrons. The Balaban J connectivity index is 1.15. The number of aliphatic carboxylic acids is 1. The Morgan fingerprint density at radius 3 is 2.16 bits per heavy atom. The van der Waals surface area contributed by atoms with E-state index in [0.717, 1.165) is 56.4 Å². The second kappa shape index (κ2) is 15.6. The molecule has 50 heavy (non-hydrogen) atoms. The van der Waals surface area contributed by atoms with E-state index in [4.69, 9.17) is 33.0 Å². The van der Waals surface area contributed by atoms with Crippen molar-refractivity contribution in [1.29, 1.82) is 0 Å². The quantitative estimate of drug-likeness (QED) is 0.282. The Morgan fingerprint density at radius 2 is 1.48 bits per heavy atom. The summed E-state index contributed by atoms with van der Waals surface area (Å²) in [5, 5.41) is 13.6. The van der Waals surface area contributed by atoms with Crippen molar-refractivity contribution in [3.8, 4) is 5.75 Å². The number of amides is 3. The number of hydrogen-bond acceptors (Lipinski definition) is 6. The zero-order chi connectivity index (χ0) is 35.3. The Hall–Kier alpha value is -3.83. The van der Waals surface area contributed by atoms with Crippen molar-refractivity contribution >= 4 is 41.1 Å². The fraction of sp³-hybridized carbons (Fsp3) is 0.447. The Labute approximate surface area is 303 Å². The van der Waals surface area contributed by atoms with Crippen LogP contribution < -0.4 is 10.1 Å². The third kappa shape index (κ3) is 7.89. The van der Waals surface area contributed by atoms with E-state index in [2.05, 4.69) is 22.3 Å². The van der Waals surface area contributed by atoms with Crippen molar-refractivity contribution in [2.45, 2.75) is 36.6 Å². The number of benzene rings is 3. The van der Waals surface area contributed by atoms with Crippen LogP contribution in [0.2, 0.25) is 10.0 Å². The molecular weight excluding hydrogens is 677 g/mol. The number of nitrogens with zero attached hydrogens (tertiary/aromatic N) is 4. The summed E-state index contributed by atoms with van der Waals surface area (Å²) in [6.07, 6.45) is 3.12. The van der Waals surface area contributed by atoms with Crippen LogP contribution in [0, 0.1) is 0 Å². The molecule has 0 aromatic heterocycles. The standard InChI is InChI=1S/C38H45Cl2N5O5/c1-50-33-10-6-5-9-30(33)35(48)45-20-14-37(27-45,29-11-12-31(39)32(40)25-29)13-17-42-18-15-38(16-19-42,28-7-3-2-4-8-28)41-36(49)44-23-21-43(22-24-44)26-34(46)47/h2-12,25H,13-24,26-27H2,1H3,(H,41,49)(H,46,47). The molecule has 0 spiro atoms. The van der Waals surface area contributed by atoms with Gasteiger partial charge in [-0.1, -0.05) is 71.7 Å². The van der Waals surface area contributed by atoms with Crippen LogP contribution in [0.5, 0.6) is 5.75 Å². The van der Waals surface area contributed by atoms with Crippen molar-refractivity contribution in [3.05, 3.63) is 99.5 Å². The Morgan fingerprint density at radius 1 is 0.780 bits per heavy atom. The maximum absolute atomic E-state index is 13.8. The zero-order valence-electron chi connectivity index (χ0n) is 28.5. The van der Waals surface area contributed by atoms with Crippen LogP contribution in [0.15, 0.2) is 72.8 Å². The number of para-hydroxylation sites is 1. The van der Waals surface area contributed by atoms with Crippen molar-refractivity contribution in [2.75, 3.05) is 72.6 Å². The monoisotopic (exact) mass is 721 g/mol. The molecule has 3 amide bonds. The van der Waals surface area contributed by atoms with Crippen LogP contribution in [-0.4, -0.2) is 115 Å². The van der Waals surface area contributed by atoms with Crippen molar-refractivity contribution in [1.82, 2.24) is 24.9 Å². The topological polar surface area (TPSA) is 106 Å². The van der Waals surface area contributed by atoms with Crippen LogP contribution in [0.4, 0.5) is 4.79 Å². The first-order chi connectivity index (χ1) is 24.1. The first-order valence-electron chi connectivity index (χ1n) is 17.3. The van der Waals surface area contributed by atoms with Gasteiger partial charge in [-0.15, -0.1) is 0 Å². The predicted molar refractivity (Wildman–Crippen MR) is 194 cm³/mol. The highest BCUT2D eigenvalue weighted by Gasteiger charge is 2.44. The number of carbonyl (C=O) groups is 3. The Bertz CT molecular complexity index is 1680. The molecule has 1 unspecified atom stereocenters. The van der Waals surface area contributed by atoms with Gasteiger partial charge in [0.1, 0.15) is 5.75 Å². The summed E-state index contributed by atoms with van der Waals surface area (Å²) in [6, 6.07) is 23.3. The van der Waals surface area contributed by atoms with Gasteiger partial charge in [0.25, 0.3) is 5.91 Å². The molecule has 6 rings (SSSR count). The molecule has 0 aliphatic carbocycles. The highest BCUT2D eigenvalue weighted by Crippen LogP contribution is 2.42. The molecule has 3 aliphatic rings. The van der Waals surface area contributed by atoms with Crippen molar-refractivity contribution in [2.24, 2.45) is 0 Å². The molecule has 3 aromatic rings. The van der Waals surface area contributed by atoms with Gasteiger partial charge in [0.05, 0.1) is 34.8 Å². The number of piperidine rings is 1. The average molecular weight is 723 g/mol. The molecule has 0 bridgehead atoms. The van der Waals surface area contributed by atoms with Gasteiger partial charge in [-0.05, 0) is 67.6 Å². The molecule has 0 saturated carbocycles. The molecular formula is C38H45Cl2N5O5. The fourth-order valence-corrected chi connectivity index (χ4v) is 8.10. The number of ether oxygens (including phenoxy) is 1. The van der Waals surface area contributed by atoms with Crippen LogP contribution in [0.25, 0.3) is 0 Å². The maximum atomic E-state index is 13.8. The minimum atomic E-state index is -0.854. The lowest BCUT2D eigenvalue weighted by Crippen LogP contribution is -2.59. The van der Waals surface area contributed by atoms with E-state index in [1.807, 2.05) is 70.5 Å². The lowest BCUT2D eigenvalue weighted by Gasteiger charge is -2.45. The summed E-state index contributed by atoms with van der Waals surface area (Å²) in [4.78, 5) is 46.6. The molecule has 12 heteroatoms. The predicted octanol–water partition coefficient (Wildman–Crippen LogP) is 5.58. The second-order valence-electron chi connectivity index (χ2n) is 13.7. The van der Waals surface area contributed by atoms with Crippen molar-refractivity contribution in [3.63, 3.8) is 0 Å². The molecule has 2 N–H and O–H groups in total. The number of carboxylic acid groups (broad SMARTS) is 1. The second-order valence-corrected chi connectivity index (χ2v) is 14.5. The summed E-state index contributed by atoms with van der Waals surface area (Å²) in [6.45, 7) is 5.62. The van der Waals surface area contributed by atoms with E-state index < -0.39 is 11.5 Å². The third-order valence-electron chi connectivity index (χ3n) is 10.8. The van der Waals surface area contributed by atoms with Gasteiger partial charge >= 0.3 is 12.0 Å². The SMILES string of the molecule is COc1ccccc1C(=O)N1CCC(CCN2CCC(NC(=O)N3CCN(CC(=O)O)CC3)(c3ccccc3)CC2)(c2ccc(Cl)c(Cl)c2)C1.